The number of likely N-dealkylation sites (tertiary alicyclic amines) is 1. The molecule has 0 bridgehead atoms. The molecule has 2 heteroatoms. The highest BCUT2D eigenvalue weighted by atomic mass is 16.3. The van der Waals surface area contributed by atoms with Gasteiger partial charge in [0.15, 0.2) is 0 Å². The summed E-state index contributed by atoms with van der Waals surface area (Å²) < 4.78 is 0. The molecule has 0 aromatic rings. The lowest BCUT2D eigenvalue weighted by Crippen LogP contribution is -2.56. The Morgan fingerprint density at radius 1 is 1.19 bits per heavy atom. The van der Waals surface area contributed by atoms with E-state index in [-0.39, 0.29) is 6.10 Å². The van der Waals surface area contributed by atoms with Gasteiger partial charge in [-0.1, -0.05) is 26.7 Å². The van der Waals surface area contributed by atoms with Crippen LogP contribution in [-0.4, -0.2) is 35.7 Å². The first-order valence-corrected chi connectivity index (χ1v) is 7.02. The minimum absolute atomic E-state index is 0.127. The van der Waals surface area contributed by atoms with Crippen LogP contribution >= 0.6 is 0 Å². The number of hydrogen-bond donors (Lipinski definition) is 1. The van der Waals surface area contributed by atoms with Crippen molar-refractivity contribution in [1.82, 2.24) is 4.90 Å². The van der Waals surface area contributed by atoms with E-state index in [1.165, 1.54) is 45.3 Å². The highest BCUT2D eigenvalue weighted by Gasteiger charge is 2.40. The number of rotatable bonds is 8. The van der Waals surface area contributed by atoms with E-state index in [0.29, 0.717) is 5.41 Å². The molecule has 2 nitrogen and oxygen atoms in total. The van der Waals surface area contributed by atoms with Crippen LogP contribution in [0, 0.1) is 5.41 Å². The van der Waals surface area contributed by atoms with Crippen LogP contribution in [0.1, 0.15) is 59.3 Å². The molecule has 1 fully saturated rings. The predicted octanol–water partition coefficient (Wildman–Crippen LogP) is 3.05. The third-order valence-electron chi connectivity index (χ3n) is 3.77. The molecule has 16 heavy (non-hydrogen) atoms. The molecule has 0 radical (unpaired) electrons. The quantitative estimate of drug-likeness (QED) is 0.689. The first-order chi connectivity index (χ1) is 7.62. The minimum atomic E-state index is -0.127. The van der Waals surface area contributed by atoms with Gasteiger partial charge < -0.3 is 10.0 Å². The molecule has 1 aliphatic rings. The molecule has 96 valence electrons. The van der Waals surface area contributed by atoms with E-state index >= 15 is 0 Å². The standard InChI is InChI=1S/C14H29NO/c1-4-8-14(9-5-2)11-15(12-14)10-6-7-13(3)16/h13,16H,4-12H2,1-3H3. The van der Waals surface area contributed by atoms with Crippen molar-refractivity contribution in [3.05, 3.63) is 0 Å². The molecule has 1 saturated heterocycles. The molecule has 0 aliphatic carbocycles. The number of hydrogen-bond acceptors (Lipinski definition) is 2. The van der Waals surface area contributed by atoms with Crippen molar-refractivity contribution in [2.45, 2.75) is 65.4 Å². The number of aliphatic hydroxyl groups excluding tert-OH is 1. The van der Waals surface area contributed by atoms with Crippen molar-refractivity contribution in [2.75, 3.05) is 19.6 Å². The highest BCUT2D eigenvalue weighted by molar-refractivity contribution is 4.94. The van der Waals surface area contributed by atoms with Crippen LogP contribution in [-0.2, 0) is 0 Å². The summed E-state index contributed by atoms with van der Waals surface area (Å²) in [6.45, 7) is 10.3. The van der Waals surface area contributed by atoms with Crippen molar-refractivity contribution >= 4 is 0 Å². The predicted molar refractivity (Wildman–Crippen MR) is 69.6 cm³/mol. The van der Waals surface area contributed by atoms with Crippen LogP contribution in [0.25, 0.3) is 0 Å². The molecule has 1 rings (SSSR count). The van der Waals surface area contributed by atoms with Crippen LogP contribution in [0.4, 0.5) is 0 Å². The van der Waals surface area contributed by atoms with E-state index in [9.17, 15) is 5.11 Å². The molecule has 1 unspecified atom stereocenters. The van der Waals surface area contributed by atoms with E-state index in [2.05, 4.69) is 18.7 Å². The first kappa shape index (κ1) is 14.0. The second kappa shape index (κ2) is 6.61. The maximum atomic E-state index is 9.21. The second-order valence-corrected chi connectivity index (χ2v) is 5.70. The molecule has 1 heterocycles. The van der Waals surface area contributed by atoms with Crippen LogP contribution in [0.5, 0.6) is 0 Å². The summed E-state index contributed by atoms with van der Waals surface area (Å²) in [5.74, 6) is 0. The van der Waals surface area contributed by atoms with Crippen LogP contribution in [0.2, 0.25) is 0 Å². The fourth-order valence-corrected chi connectivity index (χ4v) is 3.17. The zero-order valence-electron chi connectivity index (χ0n) is 11.3. The molecule has 0 spiro atoms. The van der Waals surface area contributed by atoms with Crippen molar-refractivity contribution in [1.29, 1.82) is 0 Å². The molecule has 0 saturated carbocycles. The lowest BCUT2D eigenvalue weighted by atomic mass is 9.72. The number of aliphatic hydroxyl groups is 1. The van der Waals surface area contributed by atoms with Gasteiger partial charge in [-0.3, -0.25) is 0 Å². The van der Waals surface area contributed by atoms with Crippen molar-refractivity contribution < 1.29 is 5.11 Å². The molecule has 1 aliphatic heterocycles. The summed E-state index contributed by atoms with van der Waals surface area (Å²) in [7, 11) is 0. The van der Waals surface area contributed by atoms with Gasteiger partial charge in [0.05, 0.1) is 6.10 Å². The smallest absolute Gasteiger partial charge is 0.0512 e. The lowest BCUT2D eigenvalue weighted by Gasteiger charge is -2.51. The summed E-state index contributed by atoms with van der Waals surface area (Å²) >= 11 is 0. The third-order valence-corrected chi connectivity index (χ3v) is 3.77. The Bertz CT molecular complexity index is 177. The molecule has 0 amide bonds. The van der Waals surface area contributed by atoms with E-state index in [0.717, 1.165) is 12.8 Å². The number of nitrogens with zero attached hydrogens (tertiary/aromatic N) is 1. The zero-order valence-corrected chi connectivity index (χ0v) is 11.3. The van der Waals surface area contributed by atoms with Gasteiger partial charge in [0.1, 0.15) is 0 Å². The molecular formula is C14H29NO. The maximum Gasteiger partial charge on any atom is 0.0512 e. The summed E-state index contributed by atoms with van der Waals surface area (Å²) in [6, 6.07) is 0. The lowest BCUT2D eigenvalue weighted by molar-refractivity contribution is -0.0166. The van der Waals surface area contributed by atoms with Crippen LogP contribution < -0.4 is 0 Å². The topological polar surface area (TPSA) is 23.5 Å². The zero-order chi connectivity index (χ0) is 12.0. The Morgan fingerprint density at radius 2 is 1.75 bits per heavy atom. The van der Waals surface area contributed by atoms with Crippen LogP contribution in [0.3, 0.4) is 0 Å². The minimum Gasteiger partial charge on any atom is -0.393 e. The monoisotopic (exact) mass is 227 g/mol. The SMILES string of the molecule is CCCC1(CCC)CN(CCCC(C)O)C1. The van der Waals surface area contributed by atoms with Crippen molar-refractivity contribution in [3.63, 3.8) is 0 Å². The van der Waals surface area contributed by atoms with Gasteiger partial charge in [-0.25, -0.2) is 0 Å². The molecule has 0 aromatic heterocycles. The van der Waals surface area contributed by atoms with Gasteiger partial charge >= 0.3 is 0 Å². The highest BCUT2D eigenvalue weighted by Crippen LogP contribution is 2.39. The third kappa shape index (κ3) is 4.06. The van der Waals surface area contributed by atoms with Gasteiger partial charge in [0, 0.05) is 13.1 Å². The van der Waals surface area contributed by atoms with Gasteiger partial charge in [0.2, 0.25) is 0 Å². The van der Waals surface area contributed by atoms with E-state index in [1.807, 2.05) is 6.92 Å². The van der Waals surface area contributed by atoms with Crippen molar-refractivity contribution in [3.8, 4) is 0 Å². The van der Waals surface area contributed by atoms with E-state index < -0.39 is 0 Å². The second-order valence-electron chi connectivity index (χ2n) is 5.70. The summed E-state index contributed by atoms with van der Waals surface area (Å²) in [4.78, 5) is 2.56. The molecular weight excluding hydrogens is 198 g/mol. The Balaban J connectivity index is 2.17. The fourth-order valence-electron chi connectivity index (χ4n) is 3.17. The van der Waals surface area contributed by atoms with Crippen LogP contribution in [0.15, 0.2) is 0 Å². The fraction of sp³-hybridized carbons (Fsp3) is 1.00. The van der Waals surface area contributed by atoms with E-state index in [1.54, 1.807) is 0 Å². The van der Waals surface area contributed by atoms with E-state index in [4.69, 9.17) is 0 Å². The average molecular weight is 227 g/mol. The molecule has 1 atom stereocenters. The average Bonchev–Trinajstić information content (AvgIpc) is 2.15. The first-order valence-electron chi connectivity index (χ1n) is 7.02. The summed E-state index contributed by atoms with van der Waals surface area (Å²) in [5.41, 5.74) is 0.647. The normalized spacial score (nSPS) is 21.8. The Labute approximate surface area is 101 Å². The largest absolute Gasteiger partial charge is 0.393 e. The summed E-state index contributed by atoms with van der Waals surface area (Å²) in [5, 5.41) is 9.21. The Hall–Kier alpha value is -0.0800. The van der Waals surface area contributed by atoms with Gasteiger partial charge in [-0.05, 0) is 44.6 Å². The Kier molecular flexibility index (Phi) is 5.77. The van der Waals surface area contributed by atoms with Gasteiger partial charge in [0.25, 0.3) is 0 Å². The molecule has 1 N–H and O–H groups in total. The Morgan fingerprint density at radius 3 is 2.19 bits per heavy atom. The summed E-state index contributed by atoms with van der Waals surface area (Å²) in [6.07, 6.45) is 7.40. The molecule has 0 aromatic carbocycles. The van der Waals surface area contributed by atoms with Gasteiger partial charge in [-0.2, -0.15) is 0 Å². The van der Waals surface area contributed by atoms with Gasteiger partial charge in [-0.15, -0.1) is 0 Å². The van der Waals surface area contributed by atoms with Crippen molar-refractivity contribution in [2.24, 2.45) is 5.41 Å². The maximum absolute atomic E-state index is 9.21.